The van der Waals surface area contributed by atoms with Crippen molar-refractivity contribution in [3.05, 3.63) is 39.0 Å². The molecular weight excluding hydrogens is 240 g/mol. The summed E-state index contributed by atoms with van der Waals surface area (Å²) in [7, 11) is 0. The molecule has 0 fully saturated rings. The van der Waals surface area contributed by atoms with Gasteiger partial charge in [-0.2, -0.15) is 0 Å². The van der Waals surface area contributed by atoms with Crippen LogP contribution in [0.3, 0.4) is 0 Å². The molecule has 0 spiro atoms. The highest BCUT2D eigenvalue weighted by atomic mass is 35.5. The third kappa shape index (κ3) is 1.56. The topological polar surface area (TPSA) is 12.9 Å². The van der Waals surface area contributed by atoms with Gasteiger partial charge in [0.25, 0.3) is 0 Å². The number of aryl methyl sites for hydroxylation is 1. The maximum atomic E-state index is 6.02. The maximum Gasteiger partial charge on any atom is 0.0921 e. The molecule has 0 aliphatic carbocycles. The van der Waals surface area contributed by atoms with Crippen LogP contribution < -0.4 is 0 Å². The van der Waals surface area contributed by atoms with Crippen LogP contribution in [-0.4, -0.2) is 4.98 Å². The lowest BCUT2D eigenvalue weighted by Crippen LogP contribution is -1.85. The lowest BCUT2D eigenvalue weighted by atomic mass is 10.2. The molecule has 1 heterocycles. The quantitative estimate of drug-likeness (QED) is 0.624. The Hall–Kier alpha value is -0.500. The van der Waals surface area contributed by atoms with Gasteiger partial charge < -0.3 is 0 Å². The van der Waals surface area contributed by atoms with Crippen molar-refractivity contribution >= 4 is 45.7 Å². The van der Waals surface area contributed by atoms with Crippen LogP contribution in [0.25, 0.3) is 10.9 Å². The highest BCUT2D eigenvalue weighted by Gasteiger charge is 2.09. The van der Waals surface area contributed by atoms with Gasteiger partial charge in [-0.3, -0.25) is 4.98 Å². The first-order valence-corrected chi connectivity index (χ1v) is 5.14. The molecule has 72 valence electrons. The Morgan fingerprint density at radius 3 is 2.50 bits per heavy atom. The van der Waals surface area contributed by atoms with Crippen molar-refractivity contribution in [2.45, 2.75) is 6.92 Å². The zero-order valence-corrected chi connectivity index (χ0v) is 9.58. The van der Waals surface area contributed by atoms with Gasteiger partial charge in [0.15, 0.2) is 0 Å². The second-order valence-corrected chi connectivity index (χ2v) is 4.20. The van der Waals surface area contributed by atoms with Crippen LogP contribution in [0, 0.1) is 6.92 Å². The zero-order chi connectivity index (χ0) is 10.3. The van der Waals surface area contributed by atoms with E-state index in [9.17, 15) is 0 Å². The van der Waals surface area contributed by atoms with E-state index < -0.39 is 0 Å². The molecule has 0 saturated carbocycles. The third-order valence-corrected chi connectivity index (χ3v) is 3.05. The SMILES string of the molecule is Cc1ccc2c(Cl)cc(Cl)c(Cl)c2n1. The van der Waals surface area contributed by atoms with E-state index >= 15 is 0 Å². The molecule has 0 aliphatic rings. The van der Waals surface area contributed by atoms with Gasteiger partial charge in [0.1, 0.15) is 0 Å². The molecule has 1 nitrogen and oxygen atoms in total. The minimum Gasteiger partial charge on any atom is -0.251 e. The van der Waals surface area contributed by atoms with Crippen LogP contribution in [0.1, 0.15) is 5.69 Å². The van der Waals surface area contributed by atoms with Gasteiger partial charge in [0.05, 0.1) is 20.6 Å². The molecule has 0 bridgehead atoms. The fourth-order valence-electron chi connectivity index (χ4n) is 1.28. The molecule has 2 rings (SSSR count). The number of aromatic nitrogens is 1. The van der Waals surface area contributed by atoms with Crippen molar-refractivity contribution in [2.75, 3.05) is 0 Å². The molecular formula is C10H6Cl3N. The van der Waals surface area contributed by atoms with E-state index in [4.69, 9.17) is 34.8 Å². The van der Waals surface area contributed by atoms with Gasteiger partial charge in [-0.1, -0.05) is 34.8 Å². The summed E-state index contributed by atoms with van der Waals surface area (Å²) in [5.74, 6) is 0. The van der Waals surface area contributed by atoms with E-state index in [1.807, 2.05) is 19.1 Å². The smallest absolute Gasteiger partial charge is 0.0921 e. The van der Waals surface area contributed by atoms with Gasteiger partial charge in [-0.05, 0) is 25.1 Å². The third-order valence-electron chi connectivity index (χ3n) is 1.96. The average Bonchev–Trinajstić information content (AvgIpc) is 2.14. The fourth-order valence-corrected chi connectivity index (χ4v) is 2.00. The van der Waals surface area contributed by atoms with Crippen LogP contribution in [-0.2, 0) is 0 Å². The monoisotopic (exact) mass is 245 g/mol. The van der Waals surface area contributed by atoms with Crippen LogP contribution in [0.5, 0.6) is 0 Å². The predicted molar refractivity (Wildman–Crippen MR) is 61.5 cm³/mol. The number of hydrogen-bond donors (Lipinski definition) is 0. The normalized spacial score (nSPS) is 10.9. The Morgan fingerprint density at radius 1 is 1.07 bits per heavy atom. The van der Waals surface area contributed by atoms with Crippen molar-refractivity contribution in [1.29, 1.82) is 0 Å². The number of pyridine rings is 1. The first-order chi connectivity index (χ1) is 6.59. The molecule has 0 radical (unpaired) electrons. The fraction of sp³-hybridized carbons (Fsp3) is 0.100. The Kier molecular flexibility index (Phi) is 2.56. The number of fused-ring (bicyclic) bond motifs is 1. The first-order valence-electron chi connectivity index (χ1n) is 4.00. The highest BCUT2D eigenvalue weighted by Crippen LogP contribution is 2.34. The molecule has 2 aromatic rings. The minimum absolute atomic E-state index is 0.433. The predicted octanol–water partition coefficient (Wildman–Crippen LogP) is 4.50. The van der Waals surface area contributed by atoms with Crippen molar-refractivity contribution < 1.29 is 0 Å². The van der Waals surface area contributed by atoms with E-state index in [0.717, 1.165) is 11.1 Å². The second kappa shape index (κ2) is 3.58. The second-order valence-electron chi connectivity index (χ2n) is 3.00. The van der Waals surface area contributed by atoms with Crippen molar-refractivity contribution in [3.8, 4) is 0 Å². The maximum absolute atomic E-state index is 6.02. The summed E-state index contributed by atoms with van der Waals surface area (Å²) in [6.45, 7) is 1.89. The van der Waals surface area contributed by atoms with Gasteiger partial charge >= 0.3 is 0 Å². The number of halogens is 3. The molecule has 0 N–H and O–H groups in total. The molecule has 0 aliphatic heterocycles. The van der Waals surface area contributed by atoms with Crippen LogP contribution >= 0.6 is 34.8 Å². The van der Waals surface area contributed by atoms with Crippen molar-refractivity contribution in [3.63, 3.8) is 0 Å². The number of rotatable bonds is 0. The van der Waals surface area contributed by atoms with E-state index in [1.165, 1.54) is 0 Å². The summed E-state index contributed by atoms with van der Waals surface area (Å²) in [6.07, 6.45) is 0. The molecule has 14 heavy (non-hydrogen) atoms. The molecule has 1 aromatic heterocycles. The summed E-state index contributed by atoms with van der Waals surface area (Å²) in [6, 6.07) is 5.41. The molecule has 1 aromatic carbocycles. The molecule has 0 unspecified atom stereocenters. The summed E-state index contributed by atoms with van der Waals surface area (Å²) < 4.78 is 0. The Morgan fingerprint density at radius 2 is 1.79 bits per heavy atom. The van der Waals surface area contributed by atoms with Crippen LogP contribution in [0.15, 0.2) is 18.2 Å². The zero-order valence-electron chi connectivity index (χ0n) is 7.31. The summed E-state index contributed by atoms with van der Waals surface area (Å²) in [4.78, 5) is 4.30. The van der Waals surface area contributed by atoms with E-state index in [1.54, 1.807) is 6.07 Å². The highest BCUT2D eigenvalue weighted by molar-refractivity contribution is 6.47. The lowest BCUT2D eigenvalue weighted by Gasteiger charge is -2.04. The van der Waals surface area contributed by atoms with E-state index in [2.05, 4.69) is 4.98 Å². The van der Waals surface area contributed by atoms with Crippen molar-refractivity contribution in [2.24, 2.45) is 0 Å². The van der Waals surface area contributed by atoms with Gasteiger partial charge in [0.2, 0.25) is 0 Å². The first kappa shape index (κ1) is 10.0. The van der Waals surface area contributed by atoms with Gasteiger partial charge in [-0.25, -0.2) is 0 Å². The summed E-state index contributed by atoms with van der Waals surface area (Å²) in [5, 5.41) is 2.28. The number of hydrogen-bond acceptors (Lipinski definition) is 1. The Bertz CT molecular complexity index is 508. The molecule has 0 saturated heterocycles. The molecule has 4 heteroatoms. The van der Waals surface area contributed by atoms with Crippen molar-refractivity contribution in [1.82, 2.24) is 4.98 Å². The minimum atomic E-state index is 0.433. The molecule has 0 atom stereocenters. The average molecular weight is 247 g/mol. The lowest BCUT2D eigenvalue weighted by molar-refractivity contribution is 1.26. The Balaban J connectivity index is 2.95. The molecule has 0 amide bonds. The Labute approximate surface area is 96.6 Å². The summed E-state index contributed by atoms with van der Waals surface area (Å²) >= 11 is 17.9. The van der Waals surface area contributed by atoms with Gasteiger partial charge in [0, 0.05) is 11.1 Å². The van der Waals surface area contributed by atoms with E-state index in [0.29, 0.717) is 20.6 Å². The standard InChI is InChI=1S/C10H6Cl3N/c1-5-2-3-6-7(11)4-8(12)9(13)10(6)14-5/h2-4H,1H3. The van der Waals surface area contributed by atoms with E-state index in [-0.39, 0.29) is 0 Å². The largest absolute Gasteiger partial charge is 0.251 e. The summed E-state index contributed by atoms with van der Waals surface area (Å²) in [5.41, 5.74) is 1.54. The number of nitrogens with zero attached hydrogens (tertiary/aromatic N) is 1. The van der Waals surface area contributed by atoms with Crippen LogP contribution in [0.4, 0.5) is 0 Å². The van der Waals surface area contributed by atoms with Crippen LogP contribution in [0.2, 0.25) is 15.1 Å². The number of benzene rings is 1. The van der Waals surface area contributed by atoms with Gasteiger partial charge in [-0.15, -0.1) is 0 Å².